The fourth-order valence-electron chi connectivity index (χ4n) is 1.34. The number of aromatic carboxylic acids is 1. The van der Waals surface area contributed by atoms with Crippen LogP contribution in [0.1, 0.15) is 23.2 Å². The van der Waals surface area contributed by atoms with Crippen molar-refractivity contribution in [1.82, 2.24) is 5.32 Å². The third kappa shape index (κ3) is 4.52. The van der Waals surface area contributed by atoms with Crippen molar-refractivity contribution < 1.29 is 19.4 Å². The Morgan fingerprint density at radius 3 is 2.78 bits per heavy atom. The van der Waals surface area contributed by atoms with Gasteiger partial charge >= 0.3 is 5.97 Å². The summed E-state index contributed by atoms with van der Waals surface area (Å²) in [6.45, 7) is 0.314. The van der Waals surface area contributed by atoms with E-state index in [-0.39, 0.29) is 11.5 Å². The Kier molecular flexibility index (Phi) is 5.90. The van der Waals surface area contributed by atoms with Gasteiger partial charge in [0.2, 0.25) is 5.91 Å². The lowest BCUT2D eigenvalue weighted by molar-refractivity contribution is -0.120. The molecule has 0 atom stereocenters. The lowest BCUT2D eigenvalue weighted by atomic mass is 10.2. The third-order valence-electron chi connectivity index (χ3n) is 2.26. The first kappa shape index (κ1) is 14.7. The lowest BCUT2D eigenvalue weighted by Crippen LogP contribution is -2.18. The quantitative estimate of drug-likeness (QED) is 0.598. The van der Waals surface area contributed by atoms with Crippen molar-refractivity contribution >= 4 is 34.5 Å². The number of benzene rings is 1. The number of amides is 1. The number of halogens is 1. The minimum absolute atomic E-state index is 0.0559. The molecule has 0 heterocycles. The van der Waals surface area contributed by atoms with Gasteiger partial charge in [-0.15, -0.1) is 0 Å². The molecular weight excluding hydrogens is 349 g/mol. The molecule has 0 fully saturated rings. The van der Waals surface area contributed by atoms with Crippen molar-refractivity contribution in [3.63, 3.8) is 0 Å². The highest BCUT2D eigenvalue weighted by molar-refractivity contribution is 14.1. The predicted molar refractivity (Wildman–Crippen MR) is 74.9 cm³/mol. The molecule has 0 saturated heterocycles. The van der Waals surface area contributed by atoms with E-state index in [0.717, 1.165) is 3.57 Å². The van der Waals surface area contributed by atoms with E-state index < -0.39 is 5.97 Å². The van der Waals surface area contributed by atoms with E-state index >= 15 is 0 Å². The minimum Gasteiger partial charge on any atom is -0.493 e. The van der Waals surface area contributed by atoms with Gasteiger partial charge in [-0.05, 0) is 47.2 Å². The molecule has 0 saturated carbocycles. The Balaban J connectivity index is 2.56. The molecule has 0 aliphatic rings. The number of carbonyl (C=O) groups is 2. The molecule has 0 aliphatic heterocycles. The average Bonchev–Trinajstić information content (AvgIpc) is 2.35. The van der Waals surface area contributed by atoms with Crippen LogP contribution in [0.2, 0.25) is 0 Å². The summed E-state index contributed by atoms with van der Waals surface area (Å²) < 4.78 is 6.22. The van der Waals surface area contributed by atoms with Crippen molar-refractivity contribution in [2.45, 2.75) is 12.8 Å². The highest BCUT2D eigenvalue weighted by Gasteiger charge is 2.11. The molecule has 0 unspecified atom stereocenters. The number of carbonyl (C=O) groups excluding carboxylic acids is 1. The van der Waals surface area contributed by atoms with Crippen LogP contribution in [0.4, 0.5) is 0 Å². The number of nitrogens with one attached hydrogen (secondary N) is 1. The second kappa shape index (κ2) is 7.20. The van der Waals surface area contributed by atoms with Gasteiger partial charge in [0.15, 0.2) is 0 Å². The van der Waals surface area contributed by atoms with E-state index in [9.17, 15) is 9.59 Å². The van der Waals surface area contributed by atoms with E-state index in [2.05, 4.69) is 5.32 Å². The second-order valence-corrected chi connectivity index (χ2v) is 4.82. The van der Waals surface area contributed by atoms with Gasteiger partial charge in [-0.1, -0.05) is 0 Å². The van der Waals surface area contributed by atoms with Crippen LogP contribution in [0.5, 0.6) is 5.75 Å². The zero-order valence-corrected chi connectivity index (χ0v) is 12.1. The second-order valence-electron chi connectivity index (χ2n) is 3.57. The SMILES string of the molecule is CNC(=O)CCCOc1ccc(I)cc1C(=O)O. The summed E-state index contributed by atoms with van der Waals surface area (Å²) in [5.74, 6) is -0.741. The van der Waals surface area contributed by atoms with Crippen LogP contribution < -0.4 is 10.1 Å². The van der Waals surface area contributed by atoms with Crippen molar-refractivity contribution in [2.24, 2.45) is 0 Å². The van der Waals surface area contributed by atoms with Crippen molar-refractivity contribution in [1.29, 1.82) is 0 Å². The molecule has 2 N–H and O–H groups in total. The Bertz CT molecular complexity index is 448. The van der Waals surface area contributed by atoms with Crippen molar-refractivity contribution in [2.75, 3.05) is 13.7 Å². The van der Waals surface area contributed by atoms with E-state index in [1.54, 1.807) is 25.2 Å². The average molecular weight is 363 g/mol. The van der Waals surface area contributed by atoms with Gasteiger partial charge in [-0.25, -0.2) is 4.79 Å². The van der Waals surface area contributed by atoms with Crippen LogP contribution in [0.15, 0.2) is 18.2 Å². The van der Waals surface area contributed by atoms with E-state index in [0.29, 0.717) is 25.2 Å². The fraction of sp³-hybridized carbons (Fsp3) is 0.333. The topological polar surface area (TPSA) is 75.6 Å². The van der Waals surface area contributed by atoms with Crippen LogP contribution in [0.25, 0.3) is 0 Å². The Labute approximate surface area is 119 Å². The maximum absolute atomic E-state index is 11.0. The molecular formula is C12H14INO4. The summed E-state index contributed by atoms with van der Waals surface area (Å²) in [6, 6.07) is 4.96. The Morgan fingerprint density at radius 1 is 1.44 bits per heavy atom. The molecule has 0 radical (unpaired) electrons. The number of carboxylic acids is 1. The van der Waals surface area contributed by atoms with Gasteiger partial charge in [0.05, 0.1) is 6.61 Å². The van der Waals surface area contributed by atoms with E-state index in [1.165, 1.54) is 0 Å². The van der Waals surface area contributed by atoms with Crippen LogP contribution in [0.3, 0.4) is 0 Å². The van der Waals surface area contributed by atoms with Gasteiger partial charge in [0, 0.05) is 17.0 Å². The summed E-state index contributed by atoms with van der Waals surface area (Å²) in [7, 11) is 1.57. The van der Waals surface area contributed by atoms with Gasteiger partial charge in [0.25, 0.3) is 0 Å². The highest BCUT2D eigenvalue weighted by Crippen LogP contribution is 2.21. The summed E-state index contributed by atoms with van der Waals surface area (Å²) in [4.78, 5) is 22.0. The molecule has 1 aromatic rings. The Morgan fingerprint density at radius 2 is 2.17 bits per heavy atom. The van der Waals surface area contributed by atoms with E-state index in [1.807, 2.05) is 22.6 Å². The lowest BCUT2D eigenvalue weighted by Gasteiger charge is -2.09. The summed E-state index contributed by atoms with van der Waals surface area (Å²) in [6.07, 6.45) is 0.911. The summed E-state index contributed by atoms with van der Waals surface area (Å²) in [5, 5.41) is 11.5. The standard InChI is InChI=1S/C12H14INO4/c1-14-11(15)3-2-6-18-10-5-4-8(13)7-9(10)12(16)17/h4-5,7H,2-3,6H2,1H3,(H,14,15)(H,16,17). The van der Waals surface area contributed by atoms with Gasteiger partial charge < -0.3 is 15.2 Å². The number of ether oxygens (including phenoxy) is 1. The molecule has 5 nitrogen and oxygen atoms in total. The highest BCUT2D eigenvalue weighted by atomic mass is 127. The molecule has 1 amide bonds. The minimum atomic E-state index is -1.02. The first-order valence-corrected chi connectivity index (χ1v) is 6.48. The summed E-state index contributed by atoms with van der Waals surface area (Å²) >= 11 is 2.04. The fourth-order valence-corrected chi connectivity index (χ4v) is 1.83. The molecule has 98 valence electrons. The van der Waals surface area contributed by atoms with Crippen molar-refractivity contribution in [3.8, 4) is 5.75 Å². The molecule has 1 aromatic carbocycles. The van der Waals surface area contributed by atoms with Gasteiger partial charge in [0.1, 0.15) is 11.3 Å². The van der Waals surface area contributed by atoms with Crippen LogP contribution in [-0.2, 0) is 4.79 Å². The number of hydrogen-bond acceptors (Lipinski definition) is 3. The zero-order valence-electron chi connectivity index (χ0n) is 9.90. The first-order valence-electron chi connectivity index (χ1n) is 5.41. The molecule has 1 rings (SSSR count). The zero-order chi connectivity index (χ0) is 13.5. The maximum atomic E-state index is 11.0. The Hall–Kier alpha value is -1.31. The van der Waals surface area contributed by atoms with Crippen LogP contribution in [0, 0.1) is 3.57 Å². The van der Waals surface area contributed by atoms with Gasteiger partial charge in [-0.3, -0.25) is 4.79 Å². The normalized spacial score (nSPS) is 9.89. The molecule has 0 spiro atoms. The third-order valence-corrected chi connectivity index (χ3v) is 2.93. The molecule has 0 bridgehead atoms. The smallest absolute Gasteiger partial charge is 0.339 e. The van der Waals surface area contributed by atoms with Crippen LogP contribution >= 0.6 is 22.6 Å². The largest absolute Gasteiger partial charge is 0.493 e. The molecule has 0 aromatic heterocycles. The number of hydrogen-bond donors (Lipinski definition) is 2. The first-order chi connectivity index (χ1) is 8.54. The number of carboxylic acid groups (broad SMARTS) is 1. The summed E-state index contributed by atoms with van der Waals surface area (Å²) in [5.41, 5.74) is 0.141. The monoisotopic (exact) mass is 363 g/mol. The van der Waals surface area contributed by atoms with Crippen molar-refractivity contribution in [3.05, 3.63) is 27.3 Å². The predicted octanol–water partition coefficient (Wildman–Crippen LogP) is 1.89. The molecule has 0 aliphatic carbocycles. The molecule has 6 heteroatoms. The van der Waals surface area contributed by atoms with E-state index in [4.69, 9.17) is 9.84 Å². The van der Waals surface area contributed by atoms with Gasteiger partial charge in [-0.2, -0.15) is 0 Å². The number of rotatable bonds is 6. The molecule has 18 heavy (non-hydrogen) atoms. The van der Waals surface area contributed by atoms with Crippen LogP contribution in [-0.4, -0.2) is 30.6 Å². The maximum Gasteiger partial charge on any atom is 0.339 e.